The molecule has 0 saturated carbocycles. The summed E-state index contributed by atoms with van der Waals surface area (Å²) in [5, 5.41) is 0. The van der Waals surface area contributed by atoms with E-state index in [4.69, 9.17) is 14.1 Å². The van der Waals surface area contributed by atoms with Gasteiger partial charge in [-0.1, -0.05) is 18.2 Å². The third-order valence-corrected chi connectivity index (χ3v) is 6.56. The molecule has 3 heterocycles. The van der Waals surface area contributed by atoms with Gasteiger partial charge in [0.05, 0.1) is 19.2 Å². The number of furan rings is 1. The van der Waals surface area contributed by atoms with Crippen molar-refractivity contribution in [3.63, 3.8) is 0 Å². The van der Waals surface area contributed by atoms with Gasteiger partial charge in [0, 0.05) is 20.6 Å². The van der Waals surface area contributed by atoms with Gasteiger partial charge in [-0.05, 0) is 54.4 Å². The number of benzene rings is 2. The standard InChI is InChI=1S/C28H25F4N5O3/c1-16-5-12-22(40-16)23-24-25(34-26(33-23)35(2)14-17-6-10-20(39-4)11-7-17)37(27(38)36(24)3)15-18-8-9-19(29)13-21(18)28(30,31)32/h5-13H,14-15H2,1-4H3. The van der Waals surface area contributed by atoms with Crippen LogP contribution in [0.5, 0.6) is 5.75 Å². The summed E-state index contributed by atoms with van der Waals surface area (Å²) in [7, 11) is 4.82. The third-order valence-electron chi connectivity index (χ3n) is 6.56. The van der Waals surface area contributed by atoms with Gasteiger partial charge >= 0.3 is 11.9 Å². The van der Waals surface area contributed by atoms with Crippen LogP contribution >= 0.6 is 0 Å². The number of halogens is 4. The van der Waals surface area contributed by atoms with Gasteiger partial charge in [0.2, 0.25) is 5.95 Å². The molecule has 0 bridgehead atoms. The van der Waals surface area contributed by atoms with Crippen LogP contribution in [0.15, 0.2) is 63.8 Å². The molecule has 8 nitrogen and oxygen atoms in total. The molecule has 2 aromatic carbocycles. The Morgan fingerprint density at radius 1 is 1.05 bits per heavy atom. The highest BCUT2D eigenvalue weighted by atomic mass is 19.4. The molecule has 0 fully saturated rings. The number of ether oxygens (including phenoxy) is 1. The molecule has 12 heteroatoms. The summed E-state index contributed by atoms with van der Waals surface area (Å²) in [5.74, 6) is 0.880. The minimum Gasteiger partial charge on any atom is -0.497 e. The monoisotopic (exact) mass is 555 g/mol. The maximum absolute atomic E-state index is 13.8. The summed E-state index contributed by atoms with van der Waals surface area (Å²) >= 11 is 0. The highest BCUT2D eigenvalue weighted by molar-refractivity contribution is 5.87. The normalized spacial score (nSPS) is 11.8. The van der Waals surface area contributed by atoms with E-state index in [1.165, 1.54) is 11.6 Å². The molecule has 0 N–H and O–H groups in total. The summed E-state index contributed by atoms with van der Waals surface area (Å²) in [6, 6.07) is 13.2. The molecule has 40 heavy (non-hydrogen) atoms. The summed E-state index contributed by atoms with van der Waals surface area (Å²) in [6.45, 7) is 1.66. The van der Waals surface area contributed by atoms with Crippen LogP contribution in [0.3, 0.4) is 0 Å². The average molecular weight is 556 g/mol. The number of methoxy groups -OCH3 is 1. The number of rotatable bonds is 7. The van der Waals surface area contributed by atoms with Crippen molar-refractivity contribution < 1.29 is 26.7 Å². The van der Waals surface area contributed by atoms with E-state index in [0.29, 0.717) is 35.6 Å². The van der Waals surface area contributed by atoms with Crippen LogP contribution in [0, 0.1) is 12.7 Å². The van der Waals surface area contributed by atoms with Crippen molar-refractivity contribution in [2.75, 3.05) is 19.1 Å². The van der Waals surface area contributed by atoms with Crippen LogP contribution in [-0.4, -0.2) is 33.3 Å². The van der Waals surface area contributed by atoms with E-state index < -0.39 is 29.8 Å². The van der Waals surface area contributed by atoms with Crippen LogP contribution in [-0.2, 0) is 26.3 Å². The Labute approximate surface area is 226 Å². The van der Waals surface area contributed by atoms with Gasteiger partial charge in [0.1, 0.15) is 28.5 Å². The molecular formula is C28H25F4N5O3. The Kier molecular flexibility index (Phi) is 6.86. The van der Waals surface area contributed by atoms with Gasteiger partial charge < -0.3 is 14.1 Å². The Bertz CT molecular complexity index is 1750. The Balaban J connectivity index is 1.68. The molecule has 0 atom stereocenters. The number of nitrogens with zero attached hydrogens (tertiary/aromatic N) is 5. The number of aromatic nitrogens is 4. The Morgan fingerprint density at radius 3 is 2.40 bits per heavy atom. The number of alkyl halides is 3. The fraction of sp³-hybridized carbons (Fsp3) is 0.250. The molecule has 5 rings (SSSR count). The topological polar surface area (TPSA) is 78.3 Å². The third kappa shape index (κ3) is 5.04. The molecule has 0 amide bonds. The molecule has 0 radical (unpaired) electrons. The highest BCUT2D eigenvalue weighted by Crippen LogP contribution is 2.34. The van der Waals surface area contributed by atoms with Crippen molar-refractivity contribution in [3.8, 4) is 17.2 Å². The summed E-state index contributed by atoms with van der Waals surface area (Å²) < 4.78 is 68.4. The predicted octanol–water partition coefficient (Wildman–Crippen LogP) is 5.55. The molecule has 0 aliphatic carbocycles. The number of hydrogen-bond donors (Lipinski definition) is 0. The van der Waals surface area contributed by atoms with E-state index in [0.717, 1.165) is 22.3 Å². The maximum Gasteiger partial charge on any atom is 0.416 e. The largest absolute Gasteiger partial charge is 0.497 e. The summed E-state index contributed by atoms with van der Waals surface area (Å²) in [6.07, 6.45) is -4.82. The smallest absolute Gasteiger partial charge is 0.416 e. The molecule has 3 aromatic heterocycles. The zero-order valence-electron chi connectivity index (χ0n) is 22.1. The van der Waals surface area contributed by atoms with Gasteiger partial charge in [-0.2, -0.15) is 18.2 Å². The zero-order valence-corrected chi connectivity index (χ0v) is 22.1. The van der Waals surface area contributed by atoms with Crippen molar-refractivity contribution in [2.45, 2.75) is 26.2 Å². The van der Waals surface area contributed by atoms with Crippen molar-refractivity contribution in [2.24, 2.45) is 7.05 Å². The quantitative estimate of drug-likeness (QED) is 0.245. The lowest BCUT2D eigenvalue weighted by Crippen LogP contribution is -2.24. The van der Waals surface area contributed by atoms with Crippen molar-refractivity contribution in [1.29, 1.82) is 0 Å². The molecule has 0 aliphatic heterocycles. The number of aryl methyl sites for hydroxylation is 2. The second kappa shape index (κ2) is 10.2. The maximum atomic E-state index is 13.8. The molecular weight excluding hydrogens is 530 g/mol. The van der Waals surface area contributed by atoms with E-state index in [2.05, 4.69) is 4.98 Å². The molecule has 0 aliphatic rings. The Hall–Kier alpha value is -4.61. The number of hydrogen-bond acceptors (Lipinski definition) is 6. The first-order chi connectivity index (χ1) is 19.0. The predicted molar refractivity (Wildman–Crippen MR) is 141 cm³/mol. The van der Waals surface area contributed by atoms with Crippen LogP contribution < -0.4 is 15.3 Å². The number of fused-ring (bicyclic) bond motifs is 1. The molecule has 0 saturated heterocycles. The van der Waals surface area contributed by atoms with Crippen molar-refractivity contribution >= 4 is 17.1 Å². The average Bonchev–Trinajstić information content (AvgIpc) is 3.45. The van der Waals surface area contributed by atoms with E-state index >= 15 is 0 Å². The highest BCUT2D eigenvalue weighted by Gasteiger charge is 2.34. The fourth-order valence-corrected chi connectivity index (χ4v) is 4.54. The molecule has 5 aromatic rings. The van der Waals surface area contributed by atoms with Crippen LogP contribution in [0.2, 0.25) is 0 Å². The molecule has 208 valence electrons. The van der Waals surface area contributed by atoms with E-state index in [1.54, 1.807) is 38.1 Å². The number of imidazole rings is 1. The molecule has 0 spiro atoms. The van der Waals surface area contributed by atoms with Crippen LogP contribution in [0.1, 0.15) is 22.5 Å². The van der Waals surface area contributed by atoms with Gasteiger partial charge in [0.25, 0.3) is 0 Å². The summed E-state index contributed by atoms with van der Waals surface area (Å²) in [4.78, 5) is 24.5. The van der Waals surface area contributed by atoms with Crippen LogP contribution in [0.4, 0.5) is 23.5 Å². The number of anilines is 1. The van der Waals surface area contributed by atoms with Crippen molar-refractivity contribution in [3.05, 3.63) is 93.3 Å². The lowest BCUT2D eigenvalue weighted by molar-refractivity contribution is -0.138. The minimum atomic E-state index is -4.82. The van der Waals surface area contributed by atoms with Crippen LogP contribution in [0.25, 0.3) is 22.6 Å². The zero-order chi connectivity index (χ0) is 28.8. The van der Waals surface area contributed by atoms with Gasteiger partial charge in [0.15, 0.2) is 11.4 Å². The second-order valence-electron chi connectivity index (χ2n) is 9.39. The first kappa shape index (κ1) is 27.0. The minimum absolute atomic E-state index is 0.112. The lowest BCUT2D eigenvalue weighted by Gasteiger charge is -2.19. The first-order valence-corrected chi connectivity index (χ1v) is 12.2. The van der Waals surface area contributed by atoms with Crippen molar-refractivity contribution in [1.82, 2.24) is 19.1 Å². The fourth-order valence-electron chi connectivity index (χ4n) is 4.54. The Morgan fingerprint density at radius 2 is 1.77 bits per heavy atom. The first-order valence-electron chi connectivity index (χ1n) is 12.2. The SMILES string of the molecule is COc1ccc(CN(C)c2nc(-c3ccc(C)o3)c3c(n2)n(Cc2ccc(F)cc2C(F)(F)F)c(=O)n3C)cc1. The summed E-state index contributed by atoms with van der Waals surface area (Å²) in [5.41, 5.74) is -0.412. The van der Waals surface area contributed by atoms with Gasteiger partial charge in [-0.25, -0.2) is 14.2 Å². The van der Waals surface area contributed by atoms with E-state index in [9.17, 15) is 22.4 Å². The van der Waals surface area contributed by atoms with Gasteiger partial charge in [-0.15, -0.1) is 0 Å². The lowest BCUT2D eigenvalue weighted by atomic mass is 10.1. The molecule has 0 unspecified atom stereocenters. The van der Waals surface area contributed by atoms with E-state index in [1.807, 2.05) is 24.3 Å². The second-order valence-corrected chi connectivity index (χ2v) is 9.39. The van der Waals surface area contributed by atoms with Gasteiger partial charge in [-0.3, -0.25) is 9.13 Å². The van der Waals surface area contributed by atoms with E-state index in [-0.39, 0.29) is 22.7 Å².